The summed E-state index contributed by atoms with van der Waals surface area (Å²) in [5, 5.41) is 21.5. The molecule has 1 aliphatic heterocycles. The van der Waals surface area contributed by atoms with Crippen LogP contribution in [0.1, 0.15) is 15.2 Å². The maximum Gasteiger partial charge on any atom is 0.324 e. The van der Waals surface area contributed by atoms with Gasteiger partial charge in [0.1, 0.15) is 0 Å². The van der Waals surface area contributed by atoms with Crippen molar-refractivity contribution < 1.29 is 22.9 Å². The van der Waals surface area contributed by atoms with Gasteiger partial charge in [0.25, 0.3) is 5.91 Å². The van der Waals surface area contributed by atoms with E-state index in [1.165, 1.54) is 40.9 Å². The Morgan fingerprint density at radius 1 is 1.15 bits per heavy atom. The maximum absolute atomic E-state index is 12.7. The first kappa shape index (κ1) is 23.1. The van der Waals surface area contributed by atoms with Crippen LogP contribution in [0.4, 0.5) is 15.3 Å². The standard InChI is InChI=1S/C18H16N6O6S3/c25-16(12-1-4-14(5-2-12)33(28,29)23-7-9-30-10-8-23)20-18-22-21-17(32-18)19-11-13-3-6-15(31-13)24(26)27/h1-6,11H,7-10H2,(H,20,22,25)/b19-11+. The third-order valence-corrected chi connectivity index (χ3v) is 8.08. The van der Waals surface area contributed by atoms with Gasteiger partial charge in [-0.25, -0.2) is 13.4 Å². The van der Waals surface area contributed by atoms with Crippen LogP contribution in [-0.2, 0) is 14.8 Å². The van der Waals surface area contributed by atoms with Gasteiger partial charge in [0, 0.05) is 30.9 Å². The number of aromatic nitrogens is 2. The van der Waals surface area contributed by atoms with E-state index in [2.05, 4.69) is 20.5 Å². The molecule has 0 unspecified atom stereocenters. The van der Waals surface area contributed by atoms with Gasteiger partial charge < -0.3 is 4.74 Å². The van der Waals surface area contributed by atoms with Gasteiger partial charge in [0.05, 0.1) is 27.9 Å². The van der Waals surface area contributed by atoms with Crippen molar-refractivity contribution in [3.8, 4) is 0 Å². The molecule has 4 rings (SSSR count). The van der Waals surface area contributed by atoms with E-state index < -0.39 is 20.9 Å². The number of ether oxygens (including phenoxy) is 1. The van der Waals surface area contributed by atoms with E-state index >= 15 is 0 Å². The van der Waals surface area contributed by atoms with Crippen LogP contribution in [-0.4, -0.2) is 66.3 Å². The molecule has 33 heavy (non-hydrogen) atoms. The SMILES string of the molecule is O=C(Nc1nnc(/N=C/c2ccc([N+](=O)[O-])s2)s1)c1ccc(S(=O)(=O)N2CCOCC2)cc1. The number of sulfonamides is 1. The number of nitrogens with one attached hydrogen (secondary N) is 1. The van der Waals surface area contributed by atoms with Crippen LogP contribution < -0.4 is 5.32 Å². The van der Waals surface area contributed by atoms with Gasteiger partial charge in [-0.05, 0) is 30.3 Å². The maximum atomic E-state index is 12.7. The molecule has 1 amide bonds. The molecule has 0 spiro atoms. The highest BCUT2D eigenvalue weighted by Gasteiger charge is 2.26. The van der Waals surface area contributed by atoms with Gasteiger partial charge in [-0.3, -0.25) is 20.2 Å². The Labute approximate surface area is 195 Å². The summed E-state index contributed by atoms with van der Waals surface area (Å²) in [4.78, 5) is 27.5. The van der Waals surface area contributed by atoms with Crippen molar-refractivity contribution in [2.75, 3.05) is 31.6 Å². The van der Waals surface area contributed by atoms with E-state index in [4.69, 9.17) is 4.74 Å². The molecule has 1 N–H and O–H groups in total. The number of hydrogen-bond acceptors (Lipinski definition) is 11. The molecule has 0 aliphatic carbocycles. The van der Waals surface area contributed by atoms with Crippen LogP contribution in [0.5, 0.6) is 0 Å². The first-order chi connectivity index (χ1) is 15.8. The van der Waals surface area contributed by atoms with E-state index in [-0.39, 0.29) is 38.8 Å². The first-order valence-corrected chi connectivity index (χ1v) is 12.5. The number of carbonyl (C=O) groups is 1. The molecule has 15 heteroatoms. The second-order valence-corrected chi connectivity index (χ2v) is 10.6. The minimum atomic E-state index is -3.64. The van der Waals surface area contributed by atoms with Crippen molar-refractivity contribution in [3.63, 3.8) is 0 Å². The van der Waals surface area contributed by atoms with Crippen molar-refractivity contribution in [2.45, 2.75) is 4.90 Å². The van der Waals surface area contributed by atoms with Gasteiger partial charge in [-0.15, -0.1) is 10.2 Å². The fraction of sp³-hybridized carbons (Fsp3) is 0.222. The molecule has 2 aromatic heterocycles. The molecule has 12 nitrogen and oxygen atoms in total. The smallest absolute Gasteiger partial charge is 0.324 e. The van der Waals surface area contributed by atoms with Gasteiger partial charge >= 0.3 is 5.00 Å². The number of nitrogens with zero attached hydrogens (tertiary/aromatic N) is 5. The molecular formula is C18H16N6O6S3. The summed E-state index contributed by atoms with van der Waals surface area (Å²) in [5.74, 6) is -0.481. The lowest BCUT2D eigenvalue weighted by atomic mass is 10.2. The fourth-order valence-electron chi connectivity index (χ4n) is 2.83. The Morgan fingerprint density at radius 2 is 1.88 bits per heavy atom. The summed E-state index contributed by atoms with van der Waals surface area (Å²) >= 11 is 1.99. The molecule has 1 aromatic carbocycles. The summed E-state index contributed by atoms with van der Waals surface area (Å²) in [5.41, 5.74) is 0.252. The topological polar surface area (TPSA) is 157 Å². The molecule has 0 bridgehead atoms. The number of hydrogen-bond donors (Lipinski definition) is 1. The Bertz CT molecular complexity index is 1300. The van der Waals surface area contributed by atoms with E-state index in [0.29, 0.717) is 18.1 Å². The molecular weight excluding hydrogens is 492 g/mol. The van der Waals surface area contributed by atoms with Crippen LogP contribution in [0.15, 0.2) is 46.3 Å². The molecule has 3 aromatic rings. The lowest BCUT2D eigenvalue weighted by molar-refractivity contribution is -0.380. The van der Waals surface area contributed by atoms with Crippen molar-refractivity contribution in [1.29, 1.82) is 0 Å². The fourth-order valence-corrected chi connectivity index (χ4v) is 5.52. The average molecular weight is 509 g/mol. The minimum Gasteiger partial charge on any atom is -0.379 e. The zero-order valence-electron chi connectivity index (χ0n) is 16.8. The average Bonchev–Trinajstić information content (AvgIpc) is 3.48. The van der Waals surface area contributed by atoms with Crippen molar-refractivity contribution in [1.82, 2.24) is 14.5 Å². The quantitative estimate of drug-likeness (QED) is 0.290. The van der Waals surface area contributed by atoms with Crippen molar-refractivity contribution in [3.05, 3.63) is 57.0 Å². The van der Waals surface area contributed by atoms with Crippen LogP contribution in [0.3, 0.4) is 0 Å². The molecule has 0 atom stereocenters. The molecule has 1 fully saturated rings. The number of rotatable bonds is 7. The van der Waals surface area contributed by atoms with Gasteiger partial charge in [0.15, 0.2) is 0 Å². The number of aliphatic imine (C=N–C) groups is 1. The van der Waals surface area contributed by atoms with Crippen molar-refractivity contribution in [2.24, 2.45) is 4.99 Å². The number of benzene rings is 1. The second-order valence-electron chi connectivity index (χ2n) is 6.58. The van der Waals surface area contributed by atoms with Crippen molar-refractivity contribution >= 4 is 60.1 Å². The zero-order valence-corrected chi connectivity index (χ0v) is 19.2. The minimum absolute atomic E-state index is 0.00503. The van der Waals surface area contributed by atoms with E-state index in [1.54, 1.807) is 6.07 Å². The highest BCUT2D eigenvalue weighted by Crippen LogP contribution is 2.26. The number of nitro groups is 1. The molecule has 0 saturated carbocycles. The number of amides is 1. The number of carbonyl (C=O) groups excluding carboxylic acids is 1. The Kier molecular flexibility index (Phi) is 6.85. The van der Waals surface area contributed by atoms with Crippen LogP contribution in [0, 0.1) is 10.1 Å². The highest BCUT2D eigenvalue weighted by atomic mass is 32.2. The Morgan fingerprint density at radius 3 is 2.55 bits per heavy atom. The number of thiophene rings is 1. The summed E-state index contributed by atoms with van der Waals surface area (Å²) in [6.07, 6.45) is 1.43. The lowest BCUT2D eigenvalue weighted by Gasteiger charge is -2.26. The second kappa shape index (κ2) is 9.80. The Hall–Kier alpha value is -3.11. The Balaban J connectivity index is 1.39. The van der Waals surface area contributed by atoms with Crippen LogP contribution in [0.25, 0.3) is 0 Å². The summed E-state index contributed by atoms with van der Waals surface area (Å²) in [6, 6.07) is 8.57. The summed E-state index contributed by atoms with van der Waals surface area (Å²) in [6.45, 7) is 1.27. The molecule has 1 saturated heterocycles. The molecule has 0 radical (unpaired) electrons. The lowest BCUT2D eigenvalue weighted by Crippen LogP contribution is -2.40. The van der Waals surface area contributed by atoms with Gasteiger partial charge in [-0.2, -0.15) is 4.31 Å². The monoisotopic (exact) mass is 508 g/mol. The van der Waals surface area contributed by atoms with E-state index in [9.17, 15) is 23.3 Å². The molecule has 3 heterocycles. The van der Waals surface area contributed by atoms with Crippen LogP contribution >= 0.6 is 22.7 Å². The van der Waals surface area contributed by atoms with Gasteiger partial charge in [-0.1, -0.05) is 22.7 Å². The van der Waals surface area contributed by atoms with Gasteiger partial charge in [0.2, 0.25) is 20.3 Å². The van der Waals surface area contributed by atoms with E-state index in [0.717, 1.165) is 22.7 Å². The predicted octanol–water partition coefficient (Wildman–Crippen LogP) is 2.53. The number of anilines is 1. The predicted molar refractivity (Wildman–Crippen MR) is 122 cm³/mol. The zero-order chi connectivity index (χ0) is 23.4. The largest absolute Gasteiger partial charge is 0.379 e. The first-order valence-electron chi connectivity index (χ1n) is 9.44. The summed E-state index contributed by atoms with van der Waals surface area (Å²) in [7, 11) is -3.64. The molecule has 172 valence electrons. The summed E-state index contributed by atoms with van der Waals surface area (Å²) < 4.78 is 31.9. The van der Waals surface area contributed by atoms with E-state index in [1.807, 2.05) is 0 Å². The molecule has 1 aliphatic rings. The third-order valence-electron chi connectivity index (χ3n) is 4.45. The number of morpholine rings is 1. The third kappa shape index (κ3) is 5.45. The highest BCUT2D eigenvalue weighted by molar-refractivity contribution is 7.89. The normalized spacial score (nSPS) is 15.0. The van der Waals surface area contributed by atoms with Crippen LogP contribution in [0.2, 0.25) is 0 Å².